The molecule has 0 atom stereocenters. The van der Waals surface area contributed by atoms with E-state index in [4.69, 9.17) is 4.42 Å². The van der Waals surface area contributed by atoms with Gasteiger partial charge in [0, 0.05) is 18.4 Å². The van der Waals surface area contributed by atoms with Crippen LogP contribution in [0.1, 0.15) is 40.5 Å². The highest BCUT2D eigenvalue weighted by Crippen LogP contribution is 2.17. The lowest BCUT2D eigenvalue weighted by atomic mass is 10.1. The molecule has 0 saturated carbocycles. The van der Waals surface area contributed by atoms with E-state index in [0.29, 0.717) is 23.9 Å². The lowest BCUT2D eigenvalue weighted by Crippen LogP contribution is -2.22. The minimum Gasteiger partial charge on any atom is -0.407 e. The van der Waals surface area contributed by atoms with E-state index >= 15 is 0 Å². The number of ketones is 1. The van der Waals surface area contributed by atoms with Crippen molar-refractivity contribution in [1.29, 1.82) is 0 Å². The summed E-state index contributed by atoms with van der Waals surface area (Å²) in [5.74, 6) is -1.08. The normalized spacial score (nSPS) is 10.9. The second-order valence-electron chi connectivity index (χ2n) is 5.54. The number of hydrogen-bond donors (Lipinski definition) is 0. The summed E-state index contributed by atoms with van der Waals surface area (Å²) in [5, 5.41) is 0. The first kappa shape index (κ1) is 15.9. The smallest absolute Gasteiger partial charge is 0.407 e. The summed E-state index contributed by atoms with van der Waals surface area (Å²) in [5.41, 5.74) is 2.16. The van der Waals surface area contributed by atoms with E-state index < -0.39 is 5.76 Å². The van der Waals surface area contributed by atoms with Gasteiger partial charge in [-0.25, -0.2) is 9.36 Å². The number of Topliss-reactive ketones (excluding diaryl/α,β-unsaturated/α-hetero) is 1. The molecule has 0 unspecified atom stereocenters. The predicted octanol–water partition coefficient (Wildman–Crippen LogP) is 3.46. The molecule has 0 aliphatic carbocycles. The van der Waals surface area contributed by atoms with Gasteiger partial charge in [0.2, 0.25) is 5.91 Å². The summed E-state index contributed by atoms with van der Waals surface area (Å²) in [7, 11) is 0. The zero-order chi connectivity index (χ0) is 17.1. The van der Waals surface area contributed by atoms with Crippen molar-refractivity contribution in [3.63, 3.8) is 0 Å². The SMILES string of the molecule is CCC(=O)c1ccc2c(c1)oc(=O)n2C(=O)CCc1ccccc1. The van der Waals surface area contributed by atoms with Gasteiger partial charge in [-0.2, -0.15) is 0 Å². The summed E-state index contributed by atoms with van der Waals surface area (Å²) in [6, 6.07) is 14.3. The maximum absolute atomic E-state index is 12.4. The van der Waals surface area contributed by atoms with Crippen LogP contribution >= 0.6 is 0 Å². The van der Waals surface area contributed by atoms with Crippen LogP contribution in [0.5, 0.6) is 0 Å². The number of benzene rings is 2. The number of fused-ring (bicyclic) bond motifs is 1. The molecule has 0 N–H and O–H groups in total. The topological polar surface area (TPSA) is 69.3 Å². The highest BCUT2D eigenvalue weighted by molar-refractivity contribution is 5.99. The molecule has 0 amide bonds. The fraction of sp³-hybridized carbons (Fsp3) is 0.211. The van der Waals surface area contributed by atoms with Crippen LogP contribution in [0, 0.1) is 0 Å². The molecule has 0 saturated heterocycles. The molecule has 0 spiro atoms. The monoisotopic (exact) mass is 323 g/mol. The fourth-order valence-corrected chi connectivity index (χ4v) is 2.64. The summed E-state index contributed by atoms with van der Waals surface area (Å²) in [4.78, 5) is 36.2. The summed E-state index contributed by atoms with van der Waals surface area (Å²) in [6.07, 6.45) is 1.12. The van der Waals surface area contributed by atoms with Gasteiger partial charge in [0.05, 0.1) is 5.52 Å². The van der Waals surface area contributed by atoms with Crippen LogP contribution < -0.4 is 5.76 Å². The molecule has 5 nitrogen and oxygen atoms in total. The van der Waals surface area contributed by atoms with Crippen molar-refractivity contribution in [2.24, 2.45) is 0 Å². The van der Waals surface area contributed by atoms with Crippen molar-refractivity contribution in [1.82, 2.24) is 4.57 Å². The Morgan fingerprint density at radius 1 is 1.08 bits per heavy atom. The van der Waals surface area contributed by atoms with E-state index in [9.17, 15) is 14.4 Å². The van der Waals surface area contributed by atoms with E-state index in [1.54, 1.807) is 19.1 Å². The average Bonchev–Trinajstić information content (AvgIpc) is 2.94. The van der Waals surface area contributed by atoms with Gasteiger partial charge in [-0.15, -0.1) is 0 Å². The minimum absolute atomic E-state index is 0.0392. The molecule has 5 heteroatoms. The van der Waals surface area contributed by atoms with Gasteiger partial charge in [0.15, 0.2) is 11.4 Å². The largest absolute Gasteiger partial charge is 0.426 e. The highest BCUT2D eigenvalue weighted by Gasteiger charge is 2.17. The van der Waals surface area contributed by atoms with Gasteiger partial charge in [-0.05, 0) is 30.2 Å². The lowest BCUT2D eigenvalue weighted by Gasteiger charge is -2.02. The Balaban J connectivity index is 1.88. The maximum atomic E-state index is 12.4. The van der Waals surface area contributed by atoms with E-state index in [2.05, 4.69) is 0 Å². The third-order valence-corrected chi connectivity index (χ3v) is 3.94. The Labute approximate surface area is 138 Å². The Kier molecular flexibility index (Phi) is 4.42. The van der Waals surface area contributed by atoms with Crippen LogP contribution in [0.25, 0.3) is 11.1 Å². The number of rotatable bonds is 5. The average molecular weight is 323 g/mol. The van der Waals surface area contributed by atoms with Crippen LogP contribution in [0.15, 0.2) is 57.7 Å². The van der Waals surface area contributed by atoms with E-state index in [1.165, 1.54) is 6.07 Å². The van der Waals surface area contributed by atoms with E-state index in [0.717, 1.165) is 10.1 Å². The van der Waals surface area contributed by atoms with E-state index in [-0.39, 0.29) is 23.7 Å². The molecule has 24 heavy (non-hydrogen) atoms. The summed E-state index contributed by atoms with van der Waals surface area (Å²) < 4.78 is 6.18. The molecule has 0 bridgehead atoms. The van der Waals surface area contributed by atoms with Crippen LogP contribution in [0.4, 0.5) is 0 Å². The molecular formula is C19H17NO4. The summed E-state index contributed by atoms with van der Waals surface area (Å²) in [6.45, 7) is 1.76. The van der Waals surface area contributed by atoms with Gasteiger partial charge in [0.1, 0.15) is 0 Å². The van der Waals surface area contributed by atoms with Gasteiger partial charge in [-0.3, -0.25) is 9.59 Å². The molecular weight excluding hydrogens is 306 g/mol. The predicted molar refractivity (Wildman–Crippen MR) is 90.5 cm³/mol. The molecule has 2 aromatic carbocycles. The molecule has 0 radical (unpaired) electrons. The third-order valence-electron chi connectivity index (χ3n) is 3.94. The number of nitrogens with zero attached hydrogens (tertiary/aromatic N) is 1. The first-order valence-electron chi connectivity index (χ1n) is 7.86. The third kappa shape index (κ3) is 3.06. The molecule has 0 aliphatic heterocycles. The van der Waals surface area contributed by atoms with Crippen molar-refractivity contribution in [2.75, 3.05) is 0 Å². The quantitative estimate of drug-likeness (QED) is 0.674. The van der Waals surface area contributed by atoms with Crippen molar-refractivity contribution in [3.05, 3.63) is 70.2 Å². The van der Waals surface area contributed by atoms with Crippen molar-refractivity contribution in [3.8, 4) is 0 Å². The molecule has 3 rings (SSSR count). The standard InChI is InChI=1S/C19H17NO4/c1-2-16(21)14-9-10-15-17(12-14)24-19(23)20(15)18(22)11-8-13-6-4-3-5-7-13/h3-7,9-10,12H,2,8,11H2,1H3. The molecule has 0 aliphatic rings. The van der Waals surface area contributed by atoms with Gasteiger partial charge >= 0.3 is 5.76 Å². The Bertz CT molecular complexity index is 950. The van der Waals surface area contributed by atoms with Gasteiger partial charge in [0.25, 0.3) is 0 Å². The first-order chi connectivity index (χ1) is 11.6. The zero-order valence-electron chi connectivity index (χ0n) is 13.3. The number of carbonyl (C=O) groups excluding carboxylic acids is 2. The van der Waals surface area contributed by atoms with Crippen LogP contribution in [0.2, 0.25) is 0 Å². The molecule has 3 aromatic rings. The fourth-order valence-electron chi connectivity index (χ4n) is 2.64. The maximum Gasteiger partial charge on any atom is 0.426 e. The minimum atomic E-state index is -0.718. The molecule has 1 aromatic heterocycles. The van der Waals surface area contributed by atoms with Gasteiger partial charge in [-0.1, -0.05) is 37.3 Å². The van der Waals surface area contributed by atoms with Crippen molar-refractivity contribution in [2.45, 2.75) is 26.2 Å². The highest BCUT2D eigenvalue weighted by atomic mass is 16.4. The summed E-state index contributed by atoms with van der Waals surface area (Å²) >= 11 is 0. The van der Waals surface area contributed by atoms with E-state index in [1.807, 2.05) is 30.3 Å². The van der Waals surface area contributed by atoms with Crippen LogP contribution in [-0.4, -0.2) is 16.3 Å². The van der Waals surface area contributed by atoms with Crippen LogP contribution in [0.3, 0.4) is 0 Å². The second kappa shape index (κ2) is 6.66. The van der Waals surface area contributed by atoms with Gasteiger partial charge < -0.3 is 4.42 Å². The zero-order valence-corrected chi connectivity index (χ0v) is 13.3. The Morgan fingerprint density at radius 3 is 2.54 bits per heavy atom. The number of hydrogen-bond acceptors (Lipinski definition) is 4. The first-order valence-corrected chi connectivity index (χ1v) is 7.86. The Hall–Kier alpha value is -2.95. The molecule has 1 heterocycles. The number of carbonyl (C=O) groups is 2. The number of aromatic nitrogens is 1. The molecule has 0 fully saturated rings. The number of oxazole rings is 1. The second-order valence-corrected chi connectivity index (χ2v) is 5.54. The lowest BCUT2D eigenvalue weighted by molar-refractivity contribution is 0.0898. The molecule has 122 valence electrons. The van der Waals surface area contributed by atoms with Crippen molar-refractivity contribution < 1.29 is 14.0 Å². The van der Waals surface area contributed by atoms with Crippen LogP contribution in [-0.2, 0) is 6.42 Å². The number of aryl methyl sites for hydroxylation is 1. The Morgan fingerprint density at radius 2 is 1.83 bits per heavy atom. The van der Waals surface area contributed by atoms with Crippen molar-refractivity contribution >= 4 is 22.8 Å².